The third-order valence-corrected chi connectivity index (χ3v) is 21.5. The number of anilines is 2. The fourth-order valence-corrected chi connectivity index (χ4v) is 16.5. The van der Waals surface area contributed by atoms with Crippen LogP contribution in [-0.2, 0) is 33.5 Å². The summed E-state index contributed by atoms with van der Waals surface area (Å²) < 4.78 is 12.8. The molecule has 13 aromatic rings. The number of benzene rings is 10. The van der Waals surface area contributed by atoms with Crippen molar-refractivity contribution in [3.8, 4) is 39.1 Å². The van der Waals surface area contributed by atoms with Gasteiger partial charge in [-0.05, 0) is 172 Å². The highest BCUT2D eigenvalue weighted by Gasteiger charge is 2.49. The van der Waals surface area contributed by atoms with Crippen LogP contribution in [0.4, 0.5) is 11.4 Å². The maximum absolute atomic E-state index is 7.45. The van der Waals surface area contributed by atoms with Crippen LogP contribution in [0.25, 0.3) is 105 Å². The third-order valence-electron chi connectivity index (χ3n) is 20.3. The number of thiophene rings is 1. The predicted octanol–water partition coefficient (Wildman–Crippen LogP) is 22.1. The van der Waals surface area contributed by atoms with E-state index < -0.39 is 0 Å². The van der Waals surface area contributed by atoms with Gasteiger partial charge in [-0.2, -0.15) is 0 Å². The highest BCUT2D eigenvalue weighted by Crippen LogP contribution is 2.58. The van der Waals surface area contributed by atoms with Crippen molar-refractivity contribution >= 4 is 105 Å². The van der Waals surface area contributed by atoms with Crippen LogP contribution >= 0.6 is 11.3 Å². The number of nitrogens with zero attached hydrogens (tertiary/aromatic N) is 2. The second-order valence-electron chi connectivity index (χ2n) is 30.6. The molecule has 3 nitrogen and oxygen atoms in total. The number of allylic oxidation sites excluding steroid dienone is 1. The first-order valence-electron chi connectivity index (χ1n) is 32.1. The average Bonchev–Trinajstić information content (AvgIpc) is 1.55. The van der Waals surface area contributed by atoms with Crippen LogP contribution in [0.3, 0.4) is 0 Å². The number of para-hydroxylation sites is 1. The molecular weight excluding hydrogens is 1100 g/mol. The minimum atomic E-state index is -0.319. The number of rotatable bonds is 6. The molecule has 438 valence electrons. The van der Waals surface area contributed by atoms with E-state index in [0.717, 1.165) is 23.0 Å². The van der Waals surface area contributed by atoms with E-state index in [1.807, 2.05) is 11.3 Å². The van der Waals surface area contributed by atoms with E-state index >= 15 is 0 Å². The van der Waals surface area contributed by atoms with E-state index in [-0.39, 0.29) is 33.9 Å². The van der Waals surface area contributed by atoms with Gasteiger partial charge in [-0.3, -0.25) is 0 Å². The minimum absolute atomic E-state index is 0.0154. The van der Waals surface area contributed by atoms with Gasteiger partial charge in [-0.25, -0.2) is 0 Å². The molecule has 0 spiro atoms. The molecule has 0 saturated heterocycles. The summed E-state index contributed by atoms with van der Waals surface area (Å²) in [6.45, 7) is 32.5. The topological polar surface area (TPSA) is 21.3 Å². The van der Waals surface area contributed by atoms with Gasteiger partial charge in [0.05, 0.1) is 22.1 Å². The van der Waals surface area contributed by atoms with Crippen LogP contribution in [0.2, 0.25) is 0 Å². The Labute approximate surface area is 529 Å². The van der Waals surface area contributed by atoms with Crippen molar-refractivity contribution in [1.29, 1.82) is 0 Å². The Balaban J connectivity index is 0.963. The monoisotopic (exact) mass is 1170 g/mol. The molecule has 0 atom stereocenters. The molecule has 0 fully saturated rings. The number of hydrogen-bond acceptors (Lipinski definition) is 3. The van der Waals surface area contributed by atoms with Crippen LogP contribution in [0, 0.1) is 0 Å². The average molecular weight is 1170 g/mol. The molecule has 89 heavy (non-hydrogen) atoms. The van der Waals surface area contributed by atoms with E-state index in [1.54, 1.807) is 0 Å². The summed E-state index contributed by atoms with van der Waals surface area (Å²) in [6.07, 6.45) is 3.23. The Kier molecular flexibility index (Phi) is 12.0. The number of fused-ring (bicyclic) bond motifs is 18. The predicted molar refractivity (Wildman–Crippen MR) is 385 cm³/mol. The quantitative estimate of drug-likeness (QED) is 0.122. The zero-order valence-electron chi connectivity index (χ0n) is 54.0. The molecular formula is C84H77BN2OS. The van der Waals surface area contributed by atoms with Gasteiger partial charge in [-0.1, -0.05) is 243 Å². The van der Waals surface area contributed by atoms with Crippen molar-refractivity contribution in [2.75, 3.05) is 4.81 Å². The summed E-state index contributed by atoms with van der Waals surface area (Å²) >= 11 is 1.97. The van der Waals surface area contributed by atoms with Crippen LogP contribution in [-0.4, -0.2) is 11.4 Å². The molecule has 0 saturated carbocycles. The van der Waals surface area contributed by atoms with Crippen LogP contribution in [0.1, 0.15) is 147 Å². The van der Waals surface area contributed by atoms with Crippen molar-refractivity contribution in [3.63, 3.8) is 0 Å². The molecule has 0 radical (unpaired) electrons. The Bertz CT molecular complexity index is 5130. The molecule has 5 heterocycles. The lowest BCUT2D eigenvalue weighted by Crippen LogP contribution is -2.59. The van der Waals surface area contributed by atoms with Crippen molar-refractivity contribution in [1.82, 2.24) is 4.57 Å². The highest BCUT2D eigenvalue weighted by molar-refractivity contribution is 7.32. The molecule has 0 amide bonds. The van der Waals surface area contributed by atoms with Crippen molar-refractivity contribution in [2.24, 2.45) is 0 Å². The molecule has 0 N–H and O–H groups in total. The molecule has 3 aliphatic rings. The lowest BCUT2D eigenvalue weighted by molar-refractivity contribution is 0.590. The lowest BCUT2D eigenvalue weighted by atomic mass is 9.46. The number of aromatic nitrogens is 1. The fourth-order valence-electron chi connectivity index (χ4n) is 15.2. The van der Waals surface area contributed by atoms with Crippen molar-refractivity contribution < 1.29 is 4.42 Å². The standard InChI is InChI=1S/C84H77BN2OS/c1-80(2,3)55-30-24-49(25-31-55)42-54(52-27-32-56(33-28-52)81(4,5)6)43-50-26-39-60-62-47-64-69(48-67(62)84(13,14)66(60)44-50)87(59-37-34-57(35-38-59)82(7,8)9)85-75-72(64)73-61-22-18-19-23-70(61)88-78(73)74-63-46-58(83(10,11)12)36-40-68(63)86(77(74)75)76-65-45-53(51-20-16-15-17-21-51)29-41-71(65)89-79(76)85/h15-42,44-48H,43H2,1-14H3/b54-42-. The van der Waals surface area contributed by atoms with E-state index in [9.17, 15) is 0 Å². The zero-order chi connectivity index (χ0) is 61.6. The first-order valence-corrected chi connectivity index (χ1v) is 32.9. The highest BCUT2D eigenvalue weighted by atomic mass is 32.1. The number of furan rings is 1. The summed E-state index contributed by atoms with van der Waals surface area (Å²) in [5.41, 5.74) is 29.8. The molecule has 5 heteroatoms. The molecule has 10 aromatic carbocycles. The van der Waals surface area contributed by atoms with Crippen LogP contribution in [0.5, 0.6) is 0 Å². The molecule has 16 rings (SSSR count). The minimum Gasteiger partial charge on any atom is -0.455 e. The Morgan fingerprint density at radius 3 is 1.84 bits per heavy atom. The van der Waals surface area contributed by atoms with Gasteiger partial charge in [-0.15, -0.1) is 11.3 Å². The lowest BCUT2D eigenvalue weighted by Gasteiger charge is -2.42. The van der Waals surface area contributed by atoms with Crippen molar-refractivity contribution in [2.45, 2.75) is 130 Å². The summed E-state index contributed by atoms with van der Waals surface area (Å²) in [4.78, 5) is 2.76. The SMILES string of the molecule is CC(C)(C)c1ccc(/C=C(/Cc2ccc3c(c2)C(C)(C)c2cc4c(cc2-3)-c2c3c5c(c6cc(C(C)(C)C)ccc6n5-c5c(sc6ccc(-c7ccccc7)cc56)B3N4c3ccc(C(C)(C)C)cc3)c3oc4ccccc4c23)c2ccc(C(C)(C)C)cc2)cc1. The molecule has 1 aliphatic carbocycles. The Hall–Kier alpha value is -8.64. The Morgan fingerprint density at radius 2 is 1.16 bits per heavy atom. The second-order valence-corrected chi connectivity index (χ2v) is 31.6. The van der Waals surface area contributed by atoms with E-state index in [0.29, 0.717) is 0 Å². The van der Waals surface area contributed by atoms with E-state index in [2.05, 4.69) is 307 Å². The maximum Gasteiger partial charge on any atom is 0.343 e. The molecule has 0 bridgehead atoms. The Morgan fingerprint density at radius 1 is 0.528 bits per heavy atom. The van der Waals surface area contributed by atoms with Gasteiger partial charge in [0.2, 0.25) is 0 Å². The summed E-state index contributed by atoms with van der Waals surface area (Å²) in [5.74, 6) is 0. The summed E-state index contributed by atoms with van der Waals surface area (Å²) in [6, 6.07) is 75.0. The number of hydrogen-bond donors (Lipinski definition) is 0. The second kappa shape index (κ2) is 19.2. The summed E-state index contributed by atoms with van der Waals surface area (Å²) in [5, 5.41) is 6.05. The zero-order valence-corrected chi connectivity index (χ0v) is 54.9. The van der Waals surface area contributed by atoms with Gasteiger partial charge in [0, 0.05) is 53.4 Å². The molecule has 0 unspecified atom stereocenters. The van der Waals surface area contributed by atoms with E-state index in [4.69, 9.17) is 4.42 Å². The van der Waals surface area contributed by atoms with E-state index in [1.165, 1.54) is 154 Å². The molecule has 2 aliphatic heterocycles. The van der Waals surface area contributed by atoms with Crippen molar-refractivity contribution in [3.05, 3.63) is 244 Å². The maximum atomic E-state index is 7.45. The summed E-state index contributed by atoms with van der Waals surface area (Å²) in [7, 11) is 0. The van der Waals surface area contributed by atoms with Gasteiger partial charge < -0.3 is 13.8 Å². The van der Waals surface area contributed by atoms with Crippen LogP contribution in [0.15, 0.2) is 199 Å². The first-order chi connectivity index (χ1) is 42.4. The van der Waals surface area contributed by atoms with Crippen LogP contribution < -0.4 is 15.1 Å². The fraction of sp³-hybridized carbons (Fsp3) is 0.238. The smallest absolute Gasteiger partial charge is 0.343 e. The first kappa shape index (κ1) is 55.7. The normalized spacial score (nSPS) is 14.6. The van der Waals surface area contributed by atoms with Gasteiger partial charge in [0.15, 0.2) is 0 Å². The molecule has 3 aromatic heterocycles. The van der Waals surface area contributed by atoms with Gasteiger partial charge in [0.25, 0.3) is 0 Å². The largest absolute Gasteiger partial charge is 0.455 e. The third kappa shape index (κ3) is 8.57. The van der Waals surface area contributed by atoms with Gasteiger partial charge in [0.1, 0.15) is 11.2 Å². The van der Waals surface area contributed by atoms with Gasteiger partial charge >= 0.3 is 6.85 Å².